The number of hydrogen-bond donors (Lipinski definition) is 3. The van der Waals surface area contributed by atoms with Crippen molar-refractivity contribution in [3.8, 4) is 11.1 Å². The molecule has 1 aromatic heterocycles. The lowest BCUT2D eigenvalue weighted by molar-refractivity contribution is -0.132. The zero-order valence-electron chi connectivity index (χ0n) is 24.0. The normalized spacial score (nSPS) is 15.2. The number of rotatable bonds is 12. The first kappa shape index (κ1) is 30.6. The summed E-state index contributed by atoms with van der Waals surface area (Å²) in [5.74, 6) is -0.500. The van der Waals surface area contributed by atoms with Gasteiger partial charge in [-0.3, -0.25) is 4.98 Å². The molecular weight excluding hydrogens is 538 g/mol. The lowest BCUT2D eigenvalue weighted by atomic mass is 9.88. The summed E-state index contributed by atoms with van der Waals surface area (Å²) in [6, 6.07) is 17.2. The molecule has 3 aromatic rings. The Morgan fingerprint density at radius 3 is 2.41 bits per heavy atom. The lowest BCUT2D eigenvalue weighted by Crippen LogP contribution is -2.47. The fraction of sp³-hybridized carbons (Fsp3) is 0.375. The van der Waals surface area contributed by atoms with E-state index in [1.807, 2.05) is 0 Å². The van der Waals surface area contributed by atoms with E-state index in [1.165, 1.54) is 37.4 Å². The molecule has 0 saturated heterocycles. The van der Waals surface area contributed by atoms with Gasteiger partial charge in [0.2, 0.25) is 10.0 Å². The SMILES string of the molecule is CC(=Cc1ccccc1-c1cncc(S(=O)(=O)N(C)C[C@H](O)CNC(C)(C)CC2Cc3ccccc3C2)c1)C(=O)O. The number of sulfonamides is 1. The second-order valence-electron chi connectivity index (χ2n) is 11.6. The molecule has 0 spiro atoms. The molecule has 0 unspecified atom stereocenters. The number of hydrogen-bond acceptors (Lipinski definition) is 6. The van der Waals surface area contributed by atoms with Crippen molar-refractivity contribution >= 4 is 22.1 Å². The number of benzene rings is 2. The van der Waals surface area contributed by atoms with E-state index in [2.05, 4.69) is 48.4 Å². The van der Waals surface area contributed by atoms with Crippen molar-refractivity contribution in [2.24, 2.45) is 5.92 Å². The molecule has 218 valence electrons. The molecule has 1 aliphatic carbocycles. The third-order valence-electron chi connectivity index (χ3n) is 7.62. The number of β-amino-alcohol motifs (C(OH)–C–C–N with tert-alkyl or cyclic N) is 1. The molecule has 0 saturated carbocycles. The highest BCUT2D eigenvalue weighted by atomic mass is 32.2. The van der Waals surface area contributed by atoms with E-state index in [0.29, 0.717) is 22.6 Å². The summed E-state index contributed by atoms with van der Waals surface area (Å²) < 4.78 is 28.0. The summed E-state index contributed by atoms with van der Waals surface area (Å²) in [5, 5.41) is 23.5. The summed E-state index contributed by atoms with van der Waals surface area (Å²) in [7, 11) is -2.50. The van der Waals surface area contributed by atoms with Gasteiger partial charge in [-0.25, -0.2) is 13.2 Å². The summed E-state index contributed by atoms with van der Waals surface area (Å²) in [5.41, 5.74) is 4.61. The monoisotopic (exact) mass is 577 g/mol. The van der Waals surface area contributed by atoms with E-state index >= 15 is 0 Å². The molecule has 0 aliphatic heterocycles. The zero-order chi connectivity index (χ0) is 29.8. The topological polar surface area (TPSA) is 120 Å². The molecule has 1 aliphatic rings. The van der Waals surface area contributed by atoms with Crippen LogP contribution in [0.3, 0.4) is 0 Å². The van der Waals surface area contributed by atoms with Gasteiger partial charge in [0, 0.05) is 49.2 Å². The predicted octanol–water partition coefficient (Wildman–Crippen LogP) is 4.39. The number of nitrogens with one attached hydrogen (secondary N) is 1. The third kappa shape index (κ3) is 7.68. The molecule has 2 aromatic carbocycles. The average Bonchev–Trinajstić information content (AvgIpc) is 3.34. The number of carboxylic acid groups (broad SMARTS) is 1. The van der Waals surface area contributed by atoms with Gasteiger partial charge in [0.1, 0.15) is 4.90 Å². The van der Waals surface area contributed by atoms with Crippen LogP contribution >= 0.6 is 0 Å². The van der Waals surface area contributed by atoms with E-state index in [4.69, 9.17) is 0 Å². The van der Waals surface area contributed by atoms with Crippen LogP contribution in [0.2, 0.25) is 0 Å². The minimum absolute atomic E-state index is 0.00692. The number of aliphatic hydroxyl groups excluding tert-OH is 1. The Morgan fingerprint density at radius 2 is 1.76 bits per heavy atom. The number of likely N-dealkylation sites (N-methyl/N-ethyl adjacent to an activating group) is 1. The number of nitrogens with zero attached hydrogens (tertiary/aromatic N) is 2. The van der Waals surface area contributed by atoms with Crippen LogP contribution in [0.25, 0.3) is 17.2 Å². The lowest BCUT2D eigenvalue weighted by Gasteiger charge is -2.31. The van der Waals surface area contributed by atoms with Crippen molar-refractivity contribution in [2.45, 2.75) is 56.6 Å². The molecule has 0 bridgehead atoms. The Hall–Kier alpha value is -3.37. The van der Waals surface area contributed by atoms with Crippen LogP contribution in [0, 0.1) is 5.92 Å². The second-order valence-corrected chi connectivity index (χ2v) is 13.6. The highest BCUT2D eigenvalue weighted by molar-refractivity contribution is 7.89. The van der Waals surface area contributed by atoms with Crippen molar-refractivity contribution in [1.82, 2.24) is 14.6 Å². The fourth-order valence-electron chi connectivity index (χ4n) is 5.51. The van der Waals surface area contributed by atoms with Gasteiger partial charge in [0.05, 0.1) is 6.10 Å². The van der Waals surface area contributed by atoms with Crippen LogP contribution in [0.15, 0.2) is 77.5 Å². The number of pyridine rings is 1. The van der Waals surface area contributed by atoms with E-state index < -0.39 is 22.1 Å². The van der Waals surface area contributed by atoms with Gasteiger partial charge in [-0.05, 0) is 80.3 Å². The number of aromatic nitrogens is 1. The van der Waals surface area contributed by atoms with Crippen LogP contribution in [0.1, 0.15) is 43.9 Å². The van der Waals surface area contributed by atoms with Crippen LogP contribution in [0.4, 0.5) is 0 Å². The number of aliphatic carboxylic acids is 1. The van der Waals surface area contributed by atoms with E-state index in [0.717, 1.165) is 23.6 Å². The average molecular weight is 578 g/mol. The highest BCUT2D eigenvalue weighted by Gasteiger charge is 2.29. The molecule has 0 amide bonds. The Balaban J connectivity index is 1.39. The minimum atomic E-state index is -3.94. The molecule has 8 nitrogen and oxygen atoms in total. The van der Waals surface area contributed by atoms with Crippen LogP contribution in [-0.2, 0) is 27.7 Å². The molecular formula is C32H39N3O5S. The molecule has 41 heavy (non-hydrogen) atoms. The summed E-state index contributed by atoms with van der Waals surface area (Å²) >= 11 is 0. The van der Waals surface area contributed by atoms with Gasteiger partial charge in [-0.15, -0.1) is 0 Å². The zero-order valence-corrected chi connectivity index (χ0v) is 24.9. The van der Waals surface area contributed by atoms with Gasteiger partial charge in [-0.1, -0.05) is 48.5 Å². The fourth-order valence-corrected chi connectivity index (χ4v) is 6.71. The van der Waals surface area contributed by atoms with Gasteiger partial charge >= 0.3 is 5.97 Å². The van der Waals surface area contributed by atoms with Crippen molar-refractivity contribution in [1.29, 1.82) is 0 Å². The summed E-state index contributed by atoms with van der Waals surface area (Å²) in [6.07, 6.45) is 6.52. The number of aliphatic hydroxyl groups is 1. The molecule has 3 N–H and O–H groups in total. The maximum atomic E-state index is 13.4. The van der Waals surface area contributed by atoms with Crippen molar-refractivity contribution in [3.05, 3.63) is 89.3 Å². The Labute approximate surface area is 242 Å². The molecule has 1 atom stereocenters. The van der Waals surface area contributed by atoms with Crippen LogP contribution in [-0.4, -0.2) is 65.7 Å². The quantitative estimate of drug-likeness (QED) is 0.273. The first-order valence-electron chi connectivity index (χ1n) is 13.8. The third-order valence-corrected chi connectivity index (χ3v) is 9.41. The molecule has 4 rings (SSSR count). The number of fused-ring (bicyclic) bond motifs is 1. The first-order valence-corrected chi connectivity index (χ1v) is 15.2. The van der Waals surface area contributed by atoms with Crippen molar-refractivity contribution < 1.29 is 23.4 Å². The summed E-state index contributed by atoms with van der Waals surface area (Å²) in [4.78, 5) is 15.5. The Bertz CT molecular complexity index is 1510. The Kier molecular flexibility index (Phi) is 9.44. The smallest absolute Gasteiger partial charge is 0.331 e. The van der Waals surface area contributed by atoms with Gasteiger partial charge < -0.3 is 15.5 Å². The van der Waals surface area contributed by atoms with Crippen LogP contribution in [0.5, 0.6) is 0 Å². The number of carbonyl (C=O) groups is 1. The van der Waals surface area contributed by atoms with Crippen molar-refractivity contribution in [2.75, 3.05) is 20.1 Å². The summed E-state index contributed by atoms with van der Waals surface area (Å²) in [6.45, 7) is 5.91. The maximum absolute atomic E-state index is 13.4. The van der Waals surface area contributed by atoms with Gasteiger partial charge in [0.25, 0.3) is 0 Å². The largest absolute Gasteiger partial charge is 0.478 e. The Morgan fingerprint density at radius 1 is 1.12 bits per heavy atom. The molecule has 1 heterocycles. The molecule has 0 fully saturated rings. The molecule has 0 radical (unpaired) electrons. The second kappa shape index (κ2) is 12.7. The van der Waals surface area contributed by atoms with E-state index in [1.54, 1.807) is 36.5 Å². The van der Waals surface area contributed by atoms with Crippen LogP contribution < -0.4 is 5.32 Å². The molecule has 9 heteroatoms. The minimum Gasteiger partial charge on any atom is -0.478 e. The maximum Gasteiger partial charge on any atom is 0.331 e. The van der Waals surface area contributed by atoms with Crippen molar-refractivity contribution in [3.63, 3.8) is 0 Å². The van der Waals surface area contributed by atoms with Gasteiger partial charge in [-0.2, -0.15) is 4.31 Å². The standard InChI is InChI=1S/C32H39N3O5S/c1-22(31(37)38)13-26-11-7-8-12-30(26)27-16-29(20-33-18-27)41(39,40)35(4)21-28(36)19-34-32(2,3)17-23-14-24-9-5-6-10-25(24)15-23/h5-13,16,18,20,23,28,34,36H,14-15,17,19,21H2,1-4H3,(H,37,38)/t28-/m1/s1. The van der Waals surface area contributed by atoms with E-state index in [9.17, 15) is 23.4 Å². The predicted molar refractivity (Wildman–Crippen MR) is 161 cm³/mol. The van der Waals surface area contributed by atoms with Gasteiger partial charge in [0.15, 0.2) is 0 Å². The first-order chi connectivity index (χ1) is 19.4. The highest BCUT2D eigenvalue weighted by Crippen LogP contribution is 2.32. The number of carboxylic acids is 1. The van der Waals surface area contributed by atoms with E-state index in [-0.39, 0.29) is 29.1 Å².